The molecule has 0 amide bonds. The average molecular weight is 172 g/mol. The Kier molecular flexibility index (Phi) is 2.03. The van der Waals surface area contributed by atoms with Gasteiger partial charge in [0.05, 0.1) is 12.0 Å². The van der Waals surface area contributed by atoms with E-state index in [1.165, 1.54) is 6.92 Å². The summed E-state index contributed by atoms with van der Waals surface area (Å²) in [4.78, 5) is 20.9. The quantitative estimate of drug-likeness (QED) is 0.582. The highest BCUT2D eigenvalue weighted by Crippen LogP contribution is 2.22. The molecule has 0 bridgehead atoms. The Morgan fingerprint density at radius 1 is 1.67 bits per heavy atom. The van der Waals surface area contributed by atoms with Crippen LogP contribution in [-0.4, -0.2) is 28.3 Å². The summed E-state index contributed by atoms with van der Waals surface area (Å²) in [6, 6.07) is 0. The first-order valence-corrected chi connectivity index (χ1v) is 3.35. The van der Waals surface area contributed by atoms with E-state index < -0.39 is 24.5 Å². The summed E-state index contributed by atoms with van der Waals surface area (Å²) >= 11 is 0. The number of aliphatic carboxylic acids is 1. The first kappa shape index (κ1) is 8.58. The molecule has 0 aromatic carbocycles. The van der Waals surface area contributed by atoms with E-state index in [0.29, 0.717) is 0 Å². The average Bonchev–Trinajstić information content (AvgIpc) is 2.17. The molecule has 0 aromatic rings. The summed E-state index contributed by atoms with van der Waals surface area (Å²) in [7, 11) is 0. The van der Waals surface area contributed by atoms with Crippen LogP contribution in [0.25, 0.3) is 0 Å². The minimum absolute atomic E-state index is 0.0845. The van der Waals surface area contributed by atoms with Gasteiger partial charge in [-0.3, -0.25) is 4.79 Å². The Balaban J connectivity index is 2.73. The van der Waals surface area contributed by atoms with E-state index in [4.69, 9.17) is 10.2 Å². The number of cyclic esters (lactones) is 1. The van der Waals surface area contributed by atoms with Crippen LogP contribution in [0.4, 0.5) is 0 Å². The zero-order chi connectivity index (χ0) is 9.30. The number of carboxylic acids is 1. The number of hydrogen-bond donors (Lipinski definition) is 2. The molecule has 5 heteroatoms. The molecule has 0 spiro atoms. The highest BCUT2D eigenvalue weighted by atomic mass is 16.6. The van der Waals surface area contributed by atoms with Crippen LogP contribution in [0.1, 0.15) is 13.3 Å². The number of aliphatic hydroxyl groups excluding tert-OH is 1. The fraction of sp³-hybridized carbons (Fsp3) is 0.429. The number of ether oxygens (including phenoxy) is 1. The van der Waals surface area contributed by atoms with Crippen molar-refractivity contribution in [2.45, 2.75) is 19.4 Å². The van der Waals surface area contributed by atoms with Crippen LogP contribution in [0.15, 0.2) is 11.3 Å². The molecule has 5 nitrogen and oxygen atoms in total. The van der Waals surface area contributed by atoms with Gasteiger partial charge in [-0.15, -0.1) is 0 Å². The van der Waals surface area contributed by atoms with Gasteiger partial charge >= 0.3 is 11.9 Å². The number of carbonyl (C=O) groups excluding carboxylic acids is 1. The number of aliphatic hydroxyl groups is 1. The van der Waals surface area contributed by atoms with Gasteiger partial charge in [0.15, 0.2) is 6.10 Å². The molecule has 12 heavy (non-hydrogen) atoms. The molecular weight excluding hydrogens is 164 g/mol. The second kappa shape index (κ2) is 2.84. The SMILES string of the molecule is CC1=C(O)C(CC(=O)O)OC1=O. The Bertz CT molecular complexity index is 265. The lowest BCUT2D eigenvalue weighted by Crippen LogP contribution is -2.16. The second-order valence-corrected chi connectivity index (χ2v) is 2.50. The summed E-state index contributed by atoms with van der Waals surface area (Å²) in [5, 5.41) is 17.5. The lowest BCUT2D eigenvalue weighted by atomic mass is 10.2. The van der Waals surface area contributed by atoms with Gasteiger partial charge in [-0.05, 0) is 6.92 Å². The second-order valence-electron chi connectivity index (χ2n) is 2.50. The molecule has 1 unspecified atom stereocenters. The fourth-order valence-electron chi connectivity index (χ4n) is 0.916. The molecule has 1 rings (SSSR count). The molecule has 66 valence electrons. The summed E-state index contributed by atoms with van der Waals surface area (Å²) < 4.78 is 4.55. The van der Waals surface area contributed by atoms with Crippen molar-refractivity contribution in [1.82, 2.24) is 0 Å². The number of esters is 1. The van der Waals surface area contributed by atoms with Crippen LogP contribution < -0.4 is 0 Å². The van der Waals surface area contributed by atoms with Crippen LogP contribution in [-0.2, 0) is 14.3 Å². The Morgan fingerprint density at radius 2 is 2.25 bits per heavy atom. The summed E-state index contributed by atoms with van der Waals surface area (Å²) in [5.74, 6) is -2.05. The van der Waals surface area contributed by atoms with Gasteiger partial charge in [0, 0.05) is 0 Å². The van der Waals surface area contributed by atoms with Gasteiger partial charge in [-0.1, -0.05) is 0 Å². The number of carbonyl (C=O) groups is 2. The molecular formula is C7H8O5. The zero-order valence-corrected chi connectivity index (χ0v) is 6.40. The van der Waals surface area contributed by atoms with Gasteiger partial charge < -0.3 is 14.9 Å². The van der Waals surface area contributed by atoms with Crippen molar-refractivity contribution in [1.29, 1.82) is 0 Å². The van der Waals surface area contributed by atoms with Gasteiger partial charge in [0.25, 0.3) is 0 Å². The third-order valence-corrected chi connectivity index (χ3v) is 1.60. The Morgan fingerprint density at radius 3 is 2.58 bits per heavy atom. The predicted molar refractivity (Wildman–Crippen MR) is 37.5 cm³/mol. The van der Waals surface area contributed by atoms with Crippen molar-refractivity contribution < 1.29 is 24.5 Å². The normalized spacial score (nSPS) is 22.8. The minimum atomic E-state index is -1.12. The maximum absolute atomic E-state index is 10.7. The maximum atomic E-state index is 10.7. The third-order valence-electron chi connectivity index (χ3n) is 1.60. The molecule has 0 aromatic heterocycles. The van der Waals surface area contributed by atoms with Crippen molar-refractivity contribution in [3.8, 4) is 0 Å². The van der Waals surface area contributed by atoms with Crippen LogP contribution in [0, 0.1) is 0 Å². The standard InChI is InChI=1S/C7H8O5/c1-3-6(10)4(2-5(8)9)12-7(3)11/h4,10H,2H2,1H3,(H,8,9). The molecule has 0 fully saturated rings. The highest BCUT2D eigenvalue weighted by Gasteiger charge is 2.32. The van der Waals surface area contributed by atoms with Gasteiger partial charge in [-0.25, -0.2) is 4.79 Å². The highest BCUT2D eigenvalue weighted by molar-refractivity contribution is 5.91. The number of hydrogen-bond acceptors (Lipinski definition) is 4. The summed E-state index contributed by atoms with van der Waals surface area (Å²) in [5.41, 5.74) is 0.0845. The molecule has 0 radical (unpaired) electrons. The smallest absolute Gasteiger partial charge is 0.338 e. The Hall–Kier alpha value is -1.52. The molecule has 0 aliphatic carbocycles. The molecule has 1 aliphatic rings. The van der Waals surface area contributed by atoms with Crippen LogP contribution in [0.2, 0.25) is 0 Å². The summed E-state index contributed by atoms with van der Waals surface area (Å²) in [6.45, 7) is 1.39. The molecule has 0 saturated carbocycles. The van der Waals surface area contributed by atoms with Gasteiger partial charge in [0.1, 0.15) is 5.76 Å². The molecule has 1 aliphatic heterocycles. The van der Waals surface area contributed by atoms with Crippen molar-refractivity contribution in [2.24, 2.45) is 0 Å². The Labute approximate surface area is 68.3 Å². The molecule has 1 atom stereocenters. The van der Waals surface area contributed by atoms with E-state index in [0.717, 1.165) is 0 Å². The largest absolute Gasteiger partial charge is 0.508 e. The number of rotatable bonds is 2. The maximum Gasteiger partial charge on any atom is 0.338 e. The van der Waals surface area contributed by atoms with E-state index in [1.807, 2.05) is 0 Å². The summed E-state index contributed by atoms with van der Waals surface area (Å²) in [6.07, 6.45) is -1.40. The van der Waals surface area contributed by atoms with Crippen LogP contribution >= 0.6 is 0 Å². The monoisotopic (exact) mass is 172 g/mol. The third kappa shape index (κ3) is 1.39. The first-order valence-electron chi connectivity index (χ1n) is 3.35. The van der Waals surface area contributed by atoms with Crippen LogP contribution in [0.3, 0.4) is 0 Å². The molecule has 1 heterocycles. The van der Waals surface area contributed by atoms with E-state index in [9.17, 15) is 9.59 Å². The van der Waals surface area contributed by atoms with Crippen molar-refractivity contribution >= 4 is 11.9 Å². The van der Waals surface area contributed by atoms with Crippen molar-refractivity contribution in [3.05, 3.63) is 11.3 Å². The predicted octanol–water partition coefficient (Wildman–Crippen LogP) is 0.219. The van der Waals surface area contributed by atoms with Gasteiger partial charge in [0.2, 0.25) is 0 Å². The van der Waals surface area contributed by atoms with E-state index in [1.54, 1.807) is 0 Å². The van der Waals surface area contributed by atoms with E-state index >= 15 is 0 Å². The molecule has 2 N–H and O–H groups in total. The molecule has 0 saturated heterocycles. The lowest BCUT2D eigenvalue weighted by Gasteiger charge is -2.05. The lowest BCUT2D eigenvalue weighted by molar-refractivity contribution is -0.145. The van der Waals surface area contributed by atoms with Crippen molar-refractivity contribution in [3.63, 3.8) is 0 Å². The van der Waals surface area contributed by atoms with Crippen LogP contribution in [0.5, 0.6) is 0 Å². The fourth-order valence-corrected chi connectivity index (χ4v) is 0.916. The van der Waals surface area contributed by atoms with Crippen molar-refractivity contribution in [2.75, 3.05) is 0 Å². The minimum Gasteiger partial charge on any atom is -0.508 e. The first-order chi connectivity index (χ1) is 5.52. The number of carboxylic acid groups (broad SMARTS) is 1. The van der Waals surface area contributed by atoms with E-state index in [-0.39, 0.29) is 11.3 Å². The van der Waals surface area contributed by atoms with E-state index in [2.05, 4.69) is 4.74 Å². The van der Waals surface area contributed by atoms with Gasteiger partial charge in [-0.2, -0.15) is 0 Å². The zero-order valence-electron chi connectivity index (χ0n) is 6.40. The topological polar surface area (TPSA) is 83.8 Å².